The van der Waals surface area contributed by atoms with Crippen molar-refractivity contribution < 1.29 is 13.9 Å². The zero-order valence-corrected chi connectivity index (χ0v) is 12.6. The van der Waals surface area contributed by atoms with Crippen LogP contribution in [-0.4, -0.2) is 13.3 Å². The molecule has 3 heteroatoms. The Morgan fingerprint density at radius 1 is 0.696 bits per heavy atom. The summed E-state index contributed by atoms with van der Waals surface area (Å²) in [5, 5.41) is 0. The van der Waals surface area contributed by atoms with Crippen LogP contribution in [0.2, 0.25) is 0 Å². The van der Waals surface area contributed by atoms with Crippen molar-refractivity contribution in [2.45, 2.75) is 0 Å². The molecule has 3 rings (SSSR count). The first kappa shape index (κ1) is 15.1. The summed E-state index contributed by atoms with van der Waals surface area (Å²) in [6, 6.07) is 25.1. The molecule has 0 aliphatic heterocycles. The largest absolute Gasteiger partial charge is 0.491 e. The van der Waals surface area contributed by atoms with E-state index in [1.165, 1.54) is 0 Å². The highest BCUT2D eigenvalue weighted by Crippen LogP contribution is 2.33. The molecule has 0 saturated carbocycles. The minimum Gasteiger partial charge on any atom is -0.491 e. The summed E-state index contributed by atoms with van der Waals surface area (Å²) in [5.41, 5.74) is 2.01. The predicted molar refractivity (Wildman–Crippen MR) is 89.9 cm³/mol. The lowest BCUT2D eigenvalue weighted by atomic mass is 10.0. The molecule has 23 heavy (non-hydrogen) atoms. The lowest BCUT2D eigenvalue weighted by molar-refractivity contribution is 0.273. The van der Waals surface area contributed by atoms with Gasteiger partial charge in [-0.3, -0.25) is 0 Å². The van der Waals surface area contributed by atoms with Gasteiger partial charge in [0.15, 0.2) is 0 Å². The van der Waals surface area contributed by atoms with E-state index in [4.69, 9.17) is 9.47 Å². The number of para-hydroxylation sites is 2. The first-order valence-corrected chi connectivity index (χ1v) is 7.48. The van der Waals surface area contributed by atoms with Crippen LogP contribution in [-0.2, 0) is 0 Å². The molecule has 0 aliphatic carbocycles. The number of alkyl halides is 1. The van der Waals surface area contributed by atoms with Crippen molar-refractivity contribution in [3.05, 3.63) is 78.9 Å². The fraction of sp³-hybridized carbons (Fsp3) is 0.100. The summed E-state index contributed by atoms with van der Waals surface area (Å²) in [6.45, 7) is -0.414. The Kier molecular flexibility index (Phi) is 4.89. The highest BCUT2D eigenvalue weighted by atomic mass is 19.1. The Morgan fingerprint density at radius 3 is 2.13 bits per heavy atom. The Balaban J connectivity index is 1.85. The molecule has 0 atom stereocenters. The van der Waals surface area contributed by atoms with E-state index in [1.807, 2.05) is 78.9 Å². The molecule has 0 heterocycles. The molecule has 0 saturated heterocycles. The van der Waals surface area contributed by atoms with Gasteiger partial charge in [0.25, 0.3) is 0 Å². The summed E-state index contributed by atoms with van der Waals surface area (Å²) < 4.78 is 23.4. The van der Waals surface area contributed by atoms with Gasteiger partial charge in [0.05, 0.1) is 0 Å². The first-order valence-electron chi connectivity index (χ1n) is 7.48. The highest BCUT2D eigenvalue weighted by molar-refractivity contribution is 5.71. The van der Waals surface area contributed by atoms with Gasteiger partial charge in [0, 0.05) is 5.56 Å². The van der Waals surface area contributed by atoms with Crippen LogP contribution in [0.3, 0.4) is 0 Å². The van der Waals surface area contributed by atoms with Crippen LogP contribution in [0.15, 0.2) is 78.9 Å². The zero-order valence-electron chi connectivity index (χ0n) is 12.6. The molecular weight excluding hydrogens is 291 g/mol. The molecule has 0 aromatic heterocycles. The predicted octanol–water partition coefficient (Wildman–Crippen LogP) is 5.49. The Labute approximate surface area is 135 Å². The second-order valence-corrected chi connectivity index (χ2v) is 4.97. The standard InChI is InChI=1S/C20H17FO2/c21-14-15-22-17-12-10-16(11-13-17)19-8-4-5-9-20(19)23-18-6-2-1-3-7-18/h1-13H,14-15H2. The fourth-order valence-corrected chi connectivity index (χ4v) is 2.30. The summed E-state index contributed by atoms with van der Waals surface area (Å²) in [7, 11) is 0. The Hall–Kier alpha value is -2.81. The number of halogens is 1. The van der Waals surface area contributed by atoms with Gasteiger partial charge < -0.3 is 9.47 Å². The van der Waals surface area contributed by atoms with Gasteiger partial charge in [0.1, 0.15) is 30.5 Å². The maximum absolute atomic E-state index is 12.1. The van der Waals surface area contributed by atoms with Crippen molar-refractivity contribution in [2.24, 2.45) is 0 Å². The lowest BCUT2D eigenvalue weighted by Crippen LogP contribution is -1.98. The molecule has 3 aromatic carbocycles. The third-order valence-corrected chi connectivity index (χ3v) is 3.37. The maximum Gasteiger partial charge on any atom is 0.135 e. The molecule has 0 bridgehead atoms. The van der Waals surface area contributed by atoms with Crippen LogP contribution < -0.4 is 9.47 Å². The molecule has 0 radical (unpaired) electrons. The maximum atomic E-state index is 12.1. The van der Waals surface area contributed by atoms with Gasteiger partial charge in [-0.25, -0.2) is 4.39 Å². The van der Waals surface area contributed by atoms with Crippen LogP contribution in [0.4, 0.5) is 4.39 Å². The Bertz CT molecular complexity index is 739. The van der Waals surface area contributed by atoms with E-state index in [2.05, 4.69) is 0 Å². The second-order valence-electron chi connectivity index (χ2n) is 4.97. The number of hydrogen-bond acceptors (Lipinski definition) is 2. The third-order valence-electron chi connectivity index (χ3n) is 3.37. The number of benzene rings is 3. The minimum absolute atomic E-state index is 0.0764. The van der Waals surface area contributed by atoms with Gasteiger partial charge >= 0.3 is 0 Å². The summed E-state index contributed by atoms with van der Waals surface area (Å²) in [5.74, 6) is 2.24. The van der Waals surface area contributed by atoms with Crippen molar-refractivity contribution in [2.75, 3.05) is 13.3 Å². The molecule has 0 amide bonds. The van der Waals surface area contributed by atoms with E-state index in [9.17, 15) is 4.39 Å². The van der Waals surface area contributed by atoms with Crippen LogP contribution in [0.5, 0.6) is 17.2 Å². The van der Waals surface area contributed by atoms with Gasteiger partial charge in [-0.05, 0) is 35.9 Å². The van der Waals surface area contributed by atoms with E-state index >= 15 is 0 Å². The number of ether oxygens (including phenoxy) is 2. The summed E-state index contributed by atoms with van der Waals surface area (Å²) >= 11 is 0. The van der Waals surface area contributed by atoms with Crippen LogP contribution in [0.1, 0.15) is 0 Å². The fourth-order valence-electron chi connectivity index (χ4n) is 2.30. The van der Waals surface area contributed by atoms with E-state index in [0.717, 1.165) is 22.6 Å². The molecular formula is C20H17FO2. The summed E-state index contributed by atoms with van der Waals surface area (Å²) in [4.78, 5) is 0. The number of hydrogen-bond donors (Lipinski definition) is 0. The Morgan fingerprint density at radius 2 is 1.39 bits per heavy atom. The molecule has 0 fully saturated rings. The molecule has 3 aromatic rings. The zero-order chi connectivity index (χ0) is 15.9. The van der Waals surface area contributed by atoms with Crippen molar-refractivity contribution in [3.8, 4) is 28.4 Å². The molecule has 0 unspecified atom stereocenters. The summed E-state index contributed by atoms with van der Waals surface area (Å²) in [6.07, 6.45) is 0. The first-order chi connectivity index (χ1) is 11.4. The van der Waals surface area contributed by atoms with Crippen molar-refractivity contribution >= 4 is 0 Å². The lowest BCUT2D eigenvalue weighted by Gasteiger charge is -2.12. The SMILES string of the molecule is FCCOc1ccc(-c2ccccc2Oc2ccccc2)cc1. The van der Waals surface area contributed by atoms with Gasteiger partial charge in [-0.2, -0.15) is 0 Å². The molecule has 0 N–H and O–H groups in total. The monoisotopic (exact) mass is 308 g/mol. The van der Waals surface area contributed by atoms with E-state index in [0.29, 0.717) is 5.75 Å². The molecule has 0 spiro atoms. The highest BCUT2D eigenvalue weighted by Gasteiger charge is 2.07. The normalized spacial score (nSPS) is 10.3. The van der Waals surface area contributed by atoms with Crippen molar-refractivity contribution in [3.63, 3.8) is 0 Å². The molecule has 0 aliphatic rings. The minimum atomic E-state index is -0.491. The topological polar surface area (TPSA) is 18.5 Å². The van der Waals surface area contributed by atoms with Gasteiger partial charge in [-0.15, -0.1) is 0 Å². The molecule has 2 nitrogen and oxygen atoms in total. The van der Waals surface area contributed by atoms with E-state index in [-0.39, 0.29) is 6.61 Å². The van der Waals surface area contributed by atoms with Crippen molar-refractivity contribution in [1.82, 2.24) is 0 Å². The van der Waals surface area contributed by atoms with E-state index < -0.39 is 6.67 Å². The third kappa shape index (κ3) is 3.89. The van der Waals surface area contributed by atoms with Crippen LogP contribution in [0.25, 0.3) is 11.1 Å². The van der Waals surface area contributed by atoms with Crippen molar-refractivity contribution in [1.29, 1.82) is 0 Å². The van der Waals surface area contributed by atoms with Crippen LogP contribution >= 0.6 is 0 Å². The van der Waals surface area contributed by atoms with Gasteiger partial charge in [0.2, 0.25) is 0 Å². The van der Waals surface area contributed by atoms with Crippen LogP contribution in [0, 0.1) is 0 Å². The average Bonchev–Trinajstić information content (AvgIpc) is 2.62. The smallest absolute Gasteiger partial charge is 0.135 e. The quantitative estimate of drug-likeness (QED) is 0.599. The average molecular weight is 308 g/mol. The van der Waals surface area contributed by atoms with Gasteiger partial charge in [-0.1, -0.05) is 48.5 Å². The molecule has 116 valence electrons. The second kappa shape index (κ2) is 7.45. The van der Waals surface area contributed by atoms with E-state index in [1.54, 1.807) is 0 Å². The number of rotatable bonds is 6.